The van der Waals surface area contributed by atoms with Crippen LogP contribution in [0.2, 0.25) is 0 Å². The summed E-state index contributed by atoms with van der Waals surface area (Å²) in [5.41, 5.74) is 2.42. The molecule has 9 nitrogen and oxygen atoms in total. The number of aryl methyl sites for hydroxylation is 3. The number of piperidine rings is 1. The molecule has 0 radical (unpaired) electrons. The summed E-state index contributed by atoms with van der Waals surface area (Å²) in [5.74, 6) is 1.28. The van der Waals surface area contributed by atoms with Gasteiger partial charge in [-0.05, 0) is 51.8 Å². The van der Waals surface area contributed by atoms with Gasteiger partial charge in [0.15, 0.2) is 6.61 Å². The summed E-state index contributed by atoms with van der Waals surface area (Å²) in [5, 5.41) is 7.43. The van der Waals surface area contributed by atoms with Crippen molar-refractivity contribution in [2.24, 2.45) is 5.92 Å². The van der Waals surface area contributed by atoms with Crippen molar-refractivity contribution in [1.82, 2.24) is 24.6 Å². The summed E-state index contributed by atoms with van der Waals surface area (Å²) >= 11 is 0. The number of hydrogen-bond donors (Lipinski definition) is 1. The molecule has 1 aliphatic rings. The fraction of sp³-hybridized carbons (Fsp3) is 0.375. The van der Waals surface area contributed by atoms with Gasteiger partial charge in [-0.25, -0.2) is 9.97 Å². The summed E-state index contributed by atoms with van der Waals surface area (Å²) in [6.45, 7) is 6.69. The third kappa shape index (κ3) is 5.54. The Labute approximate surface area is 192 Å². The molecule has 1 aliphatic heterocycles. The summed E-state index contributed by atoms with van der Waals surface area (Å²) in [7, 11) is 0. The van der Waals surface area contributed by atoms with Crippen LogP contribution < -0.4 is 10.1 Å². The standard InChI is InChI=1S/C24H28N6O3/c1-16-13-17(2)26-24(25-16)30-21(14-18(3)28-30)27-23(32)19-9-11-29(12-10-19)22(31)15-33-20-7-5-4-6-8-20/h4-8,13-14,19H,9-12,15H2,1-3H3,(H,27,32). The zero-order valence-corrected chi connectivity index (χ0v) is 19.1. The number of rotatable bonds is 6. The second kappa shape index (κ2) is 9.81. The van der Waals surface area contributed by atoms with Crippen molar-refractivity contribution in [1.29, 1.82) is 0 Å². The molecule has 3 heterocycles. The molecular weight excluding hydrogens is 420 g/mol. The number of carbonyl (C=O) groups excluding carboxylic acids is 2. The van der Waals surface area contributed by atoms with Gasteiger partial charge in [-0.2, -0.15) is 9.78 Å². The molecule has 1 aromatic carbocycles. The third-order valence-corrected chi connectivity index (χ3v) is 5.57. The normalized spacial score (nSPS) is 14.2. The molecule has 0 saturated carbocycles. The van der Waals surface area contributed by atoms with E-state index >= 15 is 0 Å². The fourth-order valence-corrected chi connectivity index (χ4v) is 3.92. The zero-order chi connectivity index (χ0) is 23.4. The van der Waals surface area contributed by atoms with Gasteiger partial charge in [0.25, 0.3) is 11.9 Å². The molecule has 4 rings (SSSR count). The molecule has 0 atom stereocenters. The molecule has 0 aliphatic carbocycles. The molecule has 0 bridgehead atoms. The first kappa shape index (κ1) is 22.4. The minimum absolute atomic E-state index is 0.00472. The fourth-order valence-electron chi connectivity index (χ4n) is 3.92. The average Bonchev–Trinajstić information content (AvgIpc) is 3.17. The number of benzene rings is 1. The highest BCUT2D eigenvalue weighted by atomic mass is 16.5. The van der Waals surface area contributed by atoms with Crippen LogP contribution in [0.5, 0.6) is 5.75 Å². The maximum Gasteiger partial charge on any atom is 0.260 e. The van der Waals surface area contributed by atoms with E-state index in [4.69, 9.17) is 4.74 Å². The number of amides is 2. The van der Waals surface area contributed by atoms with Gasteiger partial charge in [0.05, 0.1) is 5.69 Å². The van der Waals surface area contributed by atoms with Gasteiger partial charge in [0.1, 0.15) is 11.6 Å². The predicted molar refractivity (Wildman–Crippen MR) is 123 cm³/mol. The molecule has 3 aromatic rings. The van der Waals surface area contributed by atoms with Crippen LogP contribution in [0.15, 0.2) is 42.5 Å². The minimum Gasteiger partial charge on any atom is -0.484 e. The van der Waals surface area contributed by atoms with Crippen molar-refractivity contribution < 1.29 is 14.3 Å². The van der Waals surface area contributed by atoms with E-state index in [1.807, 2.05) is 57.2 Å². The molecular formula is C24H28N6O3. The Morgan fingerprint density at radius 1 is 1.00 bits per heavy atom. The van der Waals surface area contributed by atoms with Crippen molar-refractivity contribution in [3.8, 4) is 11.7 Å². The van der Waals surface area contributed by atoms with Gasteiger partial charge in [-0.15, -0.1) is 0 Å². The van der Waals surface area contributed by atoms with Gasteiger partial charge >= 0.3 is 0 Å². The monoisotopic (exact) mass is 448 g/mol. The largest absolute Gasteiger partial charge is 0.484 e. The van der Waals surface area contributed by atoms with Gasteiger partial charge in [0, 0.05) is 36.5 Å². The molecule has 0 spiro atoms. The predicted octanol–water partition coefficient (Wildman–Crippen LogP) is 2.84. The SMILES string of the molecule is Cc1cc(C)nc(-n2nc(C)cc2NC(=O)C2CCN(C(=O)COc3ccccc3)CC2)n1. The highest BCUT2D eigenvalue weighted by molar-refractivity contribution is 5.92. The smallest absolute Gasteiger partial charge is 0.260 e. The summed E-state index contributed by atoms with van der Waals surface area (Å²) in [6.07, 6.45) is 1.19. The first-order valence-electron chi connectivity index (χ1n) is 11.0. The van der Waals surface area contributed by atoms with E-state index in [0.29, 0.717) is 43.4 Å². The van der Waals surface area contributed by atoms with E-state index in [1.54, 1.807) is 15.6 Å². The Hall–Kier alpha value is -3.75. The maximum absolute atomic E-state index is 13.0. The molecule has 172 valence electrons. The molecule has 2 amide bonds. The second-order valence-corrected chi connectivity index (χ2v) is 8.28. The van der Waals surface area contributed by atoms with Crippen LogP contribution in [-0.2, 0) is 9.59 Å². The van der Waals surface area contributed by atoms with E-state index in [2.05, 4.69) is 20.4 Å². The van der Waals surface area contributed by atoms with E-state index in [9.17, 15) is 9.59 Å². The third-order valence-electron chi connectivity index (χ3n) is 5.57. The van der Waals surface area contributed by atoms with Gasteiger partial charge < -0.3 is 15.0 Å². The van der Waals surface area contributed by atoms with Gasteiger partial charge in [-0.1, -0.05) is 18.2 Å². The lowest BCUT2D eigenvalue weighted by atomic mass is 9.96. The first-order valence-corrected chi connectivity index (χ1v) is 11.0. The topological polar surface area (TPSA) is 102 Å². The highest BCUT2D eigenvalue weighted by Gasteiger charge is 2.28. The number of nitrogens with zero attached hydrogens (tertiary/aromatic N) is 5. The van der Waals surface area contributed by atoms with Crippen molar-refractivity contribution in [3.63, 3.8) is 0 Å². The van der Waals surface area contributed by atoms with Crippen LogP contribution in [-0.4, -0.2) is 56.2 Å². The number of hydrogen-bond acceptors (Lipinski definition) is 6. The zero-order valence-electron chi connectivity index (χ0n) is 19.1. The molecule has 1 N–H and O–H groups in total. The number of nitrogens with one attached hydrogen (secondary N) is 1. The highest BCUT2D eigenvalue weighted by Crippen LogP contribution is 2.22. The Kier molecular flexibility index (Phi) is 6.67. The van der Waals surface area contributed by atoms with Crippen molar-refractivity contribution in [2.45, 2.75) is 33.6 Å². The van der Waals surface area contributed by atoms with Crippen LogP contribution in [0, 0.1) is 26.7 Å². The number of para-hydroxylation sites is 1. The van der Waals surface area contributed by atoms with Crippen LogP contribution in [0.1, 0.15) is 29.9 Å². The molecule has 2 aromatic heterocycles. The Morgan fingerprint density at radius 2 is 1.67 bits per heavy atom. The van der Waals surface area contributed by atoms with Crippen molar-refractivity contribution in [3.05, 3.63) is 59.5 Å². The number of ether oxygens (including phenoxy) is 1. The summed E-state index contributed by atoms with van der Waals surface area (Å²) in [6, 6.07) is 13.0. The van der Waals surface area contributed by atoms with E-state index in [-0.39, 0.29) is 24.3 Å². The number of likely N-dealkylation sites (tertiary alicyclic amines) is 1. The lowest BCUT2D eigenvalue weighted by Gasteiger charge is -2.31. The van der Waals surface area contributed by atoms with Crippen LogP contribution in [0.25, 0.3) is 5.95 Å². The van der Waals surface area contributed by atoms with Crippen LogP contribution in [0.3, 0.4) is 0 Å². The second-order valence-electron chi connectivity index (χ2n) is 8.28. The lowest BCUT2D eigenvalue weighted by molar-refractivity contribution is -0.136. The number of carbonyl (C=O) groups is 2. The van der Waals surface area contributed by atoms with Crippen LogP contribution >= 0.6 is 0 Å². The molecule has 0 unspecified atom stereocenters. The quantitative estimate of drug-likeness (QED) is 0.622. The average molecular weight is 449 g/mol. The Morgan fingerprint density at radius 3 is 2.33 bits per heavy atom. The minimum atomic E-state index is -0.187. The Bertz CT molecular complexity index is 1120. The lowest BCUT2D eigenvalue weighted by Crippen LogP contribution is -2.43. The van der Waals surface area contributed by atoms with Crippen molar-refractivity contribution in [2.75, 3.05) is 25.0 Å². The summed E-state index contributed by atoms with van der Waals surface area (Å²) < 4.78 is 7.12. The molecule has 33 heavy (non-hydrogen) atoms. The molecule has 1 fully saturated rings. The number of anilines is 1. The van der Waals surface area contributed by atoms with Gasteiger partial charge in [-0.3, -0.25) is 9.59 Å². The Balaban J connectivity index is 1.34. The van der Waals surface area contributed by atoms with E-state index < -0.39 is 0 Å². The van der Waals surface area contributed by atoms with Gasteiger partial charge in [0.2, 0.25) is 5.91 Å². The van der Waals surface area contributed by atoms with E-state index in [1.165, 1.54) is 0 Å². The number of aromatic nitrogens is 4. The summed E-state index contributed by atoms with van der Waals surface area (Å²) in [4.78, 5) is 36.1. The first-order chi connectivity index (χ1) is 15.9. The van der Waals surface area contributed by atoms with Crippen molar-refractivity contribution >= 4 is 17.6 Å². The van der Waals surface area contributed by atoms with Crippen LogP contribution in [0.4, 0.5) is 5.82 Å². The molecule has 9 heteroatoms. The van der Waals surface area contributed by atoms with E-state index in [0.717, 1.165) is 17.1 Å². The molecule has 1 saturated heterocycles. The maximum atomic E-state index is 13.0.